The van der Waals surface area contributed by atoms with Crippen LogP contribution in [-0.2, 0) is 19.1 Å². The number of carbonyl (C=O) groups is 2. The van der Waals surface area contributed by atoms with Gasteiger partial charge in [0.25, 0.3) is 5.69 Å². The number of hydrogen-bond acceptors (Lipinski definition) is 7. The van der Waals surface area contributed by atoms with Gasteiger partial charge in [0.15, 0.2) is 0 Å². The van der Waals surface area contributed by atoms with Gasteiger partial charge in [-0.05, 0) is 44.9 Å². The number of rotatable bonds is 9. The maximum atomic E-state index is 13.3. The van der Waals surface area contributed by atoms with Gasteiger partial charge < -0.3 is 14.8 Å². The summed E-state index contributed by atoms with van der Waals surface area (Å²) in [5, 5.41) is 14.5. The molecule has 0 spiro atoms. The van der Waals surface area contributed by atoms with Crippen LogP contribution in [0.2, 0.25) is 0 Å². The van der Waals surface area contributed by atoms with Crippen LogP contribution in [0, 0.1) is 10.1 Å². The fourth-order valence-electron chi connectivity index (χ4n) is 4.03. The lowest BCUT2D eigenvalue weighted by molar-refractivity contribution is -0.384. The van der Waals surface area contributed by atoms with Gasteiger partial charge in [-0.25, -0.2) is 9.59 Å². The highest BCUT2D eigenvalue weighted by molar-refractivity contribution is 6.00. The summed E-state index contributed by atoms with van der Waals surface area (Å²) in [6, 6.07) is 15.7. The Morgan fingerprint density at radius 1 is 1.00 bits per heavy atom. The van der Waals surface area contributed by atoms with Crippen LogP contribution in [0.1, 0.15) is 44.7 Å². The Kier molecular flexibility index (Phi) is 9.16. The zero-order valence-electron chi connectivity index (χ0n) is 21.3. The summed E-state index contributed by atoms with van der Waals surface area (Å²) in [6.45, 7) is 6.86. The topological polar surface area (TPSA) is 108 Å². The Labute approximate surface area is 216 Å². The van der Waals surface area contributed by atoms with Gasteiger partial charge in [0, 0.05) is 23.5 Å². The number of nitro groups is 1. The second-order valence-corrected chi connectivity index (χ2v) is 8.74. The van der Waals surface area contributed by atoms with E-state index in [-0.39, 0.29) is 23.4 Å². The van der Waals surface area contributed by atoms with Crippen molar-refractivity contribution in [3.8, 4) is 0 Å². The summed E-state index contributed by atoms with van der Waals surface area (Å²) in [5.41, 5.74) is 2.70. The summed E-state index contributed by atoms with van der Waals surface area (Å²) in [5.74, 6) is -2.15. The Morgan fingerprint density at radius 2 is 1.68 bits per heavy atom. The Balaban J connectivity index is 1.88. The minimum atomic E-state index is -0.901. The van der Waals surface area contributed by atoms with Crippen molar-refractivity contribution >= 4 is 23.7 Å². The number of dihydropyridines is 1. The molecule has 37 heavy (non-hydrogen) atoms. The minimum Gasteiger partial charge on any atom is -0.460 e. The number of nitrogens with zero attached hydrogens (tertiary/aromatic N) is 1. The Bertz CT molecular complexity index is 1290. The highest BCUT2D eigenvalue weighted by atomic mass is 16.6. The molecule has 3 rings (SSSR count). The van der Waals surface area contributed by atoms with Gasteiger partial charge in [-0.3, -0.25) is 10.1 Å². The number of carbonyl (C=O) groups excluding carboxylic acids is 2. The van der Waals surface area contributed by atoms with Crippen LogP contribution in [0.5, 0.6) is 0 Å². The predicted molar refractivity (Wildman–Crippen MR) is 141 cm³/mol. The van der Waals surface area contributed by atoms with Gasteiger partial charge in [-0.2, -0.15) is 0 Å². The summed E-state index contributed by atoms with van der Waals surface area (Å²) in [4.78, 5) is 37.3. The zero-order valence-corrected chi connectivity index (χ0v) is 21.3. The minimum absolute atomic E-state index is 0.00483. The fourth-order valence-corrected chi connectivity index (χ4v) is 4.03. The molecule has 8 nitrogen and oxygen atoms in total. The molecule has 0 saturated carbocycles. The average molecular weight is 503 g/mol. The van der Waals surface area contributed by atoms with Crippen molar-refractivity contribution in [2.45, 2.75) is 39.7 Å². The second-order valence-electron chi connectivity index (χ2n) is 8.74. The van der Waals surface area contributed by atoms with Crippen LogP contribution in [-0.4, -0.2) is 29.6 Å². The molecule has 1 unspecified atom stereocenters. The van der Waals surface area contributed by atoms with Crippen LogP contribution in [0.15, 0.2) is 95.4 Å². The van der Waals surface area contributed by atoms with Crippen LogP contribution in [0.4, 0.5) is 5.69 Å². The molecule has 1 atom stereocenters. The quantitative estimate of drug-likeness (QED) is 0.206. The fraction of sp³-hybridized carbons (Fsp3) is 0.241. The first-order chi connectivity index (χ1) is 17.7. The molecule has 0 aliphatic carbocycles. The van der Waals surface area contributed by atoms with Crippen LogP contribution >= 0.6 is 0 Å². The third-order valence-corrected chi connectivity index (χ3v) is 5.60. The van der Waals surface area contributed by atoms with Crippen molar-refractivity contribution in [2.75, 3.05) is 6.61 Å². The molecule has 1 N–H and O–H groups in total. The Morgan fingerprint density at radius 3 is 2.32 bits per heavy atom. The average Bonchev–Trinajstić information content (AvgIpc) is 2.85. The van der Waals surface area contributed by atoms with Gasteiger partial charge in [-0.1, -0.05) is 60.7 Å². The lowest BCUT2D eigenvalue weighted by Gasteiger charge is -2.30. The van der Waals surface area contributed by atoms with Gasteiger partial charge in [0.2, 0.25) is 0 Å². The van der Waals surface area contributed by atoms with Crippen LogP contribution in [0.25, 0.3) is 6.08 Å². The van der Waals surface area contributed by atoms with E-state index < -0.39 is 28.9 Å². The van der Waals surface area contributed by atoms with E-state index in [1.54, 1.807) is 45.9 Å². The molecule has 0 amide bonds. The molecule has 1 aliphatic rings. The number of nitro benzene ring substituents is 1. The smallest absolute Gasteiger partial charge is 0.337 e. The van der Waals surface area contributed by atoms with Gasteiger partial charge in [-0.15, -0.1) is 0 Å². The summed E-state index contributed by atoms with van der Waals surface area (Å²) in [7, 11) is 0. The van der Waals surface area contributed by atoms with Crippen molar-refractivity contribution in [1.29, 1.82) is 0 Å². The molecule has 192 valence electrons. The lowest BCUT2D eigenvalue weighted by atomic mass is 9.80. The lowest BCUT2D eigenvalue weighted by Crippen LogP contribution is -2.33. The molecule has 0 saturated heterocycles. The zero-order chi connectivity index (χ0) is 26.9. The highest BCUT2D eigenvalue weighted by Crippen LogP contribution is 2.40. The summed E-state index contributed by atoms with van der Waals surface area (Å²) in [6.07, 6.45) is 6.84. The highest BCUT2D eigenvalue weighted by Gasteiger charge is 2.38. The van der Waals surface area contributed by atoms with Crippen molar-refractivity contribution in [3.63, 3.8) is 0 Å². The second kappa shape index (κ2) is 12.5. The van der Waals surface area contributed by atoms with E-state index in [9.17, 15) is 19.7 Å². The number of nitrogens with one attached hydrogen (secondary N) is 1. The first-order valence-electron chi connectivity index (χ1n) is 11.9. The van der Waals surface area contributed by atoms with E-state index >= 15 is 0 Å². The van der Waals surface area contributed by atoms with Crippen LogP contribution < -0.4 is 5.32 Å². The first-order valence-corrected chi connectivity index (χ1v) is 11.9. The van der Waals surface area contributed by atoms with E-state index in [1.807, 2.05) is 42.5 Å². The molecular weight excluding hydrogens is 472 g/mol. The molecule has 0 fully saturated rings. The van der Waals surface area contributed by atoms with Gasteiger partial charge in [0.05, 0.1) is 28.1 Å². The molecule has 8 heteroatoms. The number of ether oxygens (including phenoxy) is 2. The van der Waals surface area contributed by atoms with Crippen molar-refractivity contribution in [3.05, 3.63) is 117 Å². The maximum Gasteiger partial charge on any atom is 0.337 e. The third-order valence-electron chi connectivity index (χ3n) is 5.60. The maximum absolute atomic E-state index is 13.3. The van der Waals surface area contributed by atoms with Gasteiger partial charge in [0.1, 0.15) is 6.61 Å². The normalized spacial score (nSPS) is 15.9. The number of allylic oxidation sites excluding steroid dienone is 4. The number of hydrogen-bond donors (Lipinski definition) is 1. The van der Waals surface area contributed by atoms with E-state index in [0.29, 0.717) is 17.0 Å². The first kappa shape index (κ1) is 27.1. The van der Waals surface area contributed by atoms with Crippen LogP contribution in [0.3, 0.4) is 0 Å². The van der Waals surface area contributed by atoms with Gasteiger partial charge >= 0.3 is 11.9 Å². The standard InChI is InChI=1S/C29H30N2O6/c1-19(2)37-29(33)26-21(4)30-20(3)25(27(26)23-15-11-16-24(18-23)31(34)35)28(32)36-17-10-6-9-14-22-12-7-5-8-13-22/h5-16,18-19,27,30H,17H2,1-4H3. The number of esters is 2. The molecule has 1 heterocycles. The monoisotopic (exact) mass is 502 g/mol. The SMILES string of the molecule is CC1=C(C(=O)OCC=CC=Cc2ccccc2)C(c2cccc([N+](=O)[O-])c2)C(C(=O)OC(C)C)=C(C)N1. The molecule has 2 aromatic rings. The summed E-state index contributed by atoms with van der Waals surface area (Å²) >= 11 is 0. The number of non-ortho nitro benzene ring substituents is 1. The largest absolute Gasteiger partial charge is 0.460 e. The predicted octanol–water partition coefficient (Wildman–Crippen LogP) is 5.59. The molecular formula is C29H30N2O6. The Hall–Kier alpha value is -4.46. The van der Waals surface area contributed by atoms with Crippen molar-refractivity contribution < 1.29 is 24.0 Å². The number of benzene rings is 2. The molecule has 0 bridgehead atoms. The molecule has 0 radical (unpaired) electrons. The van der Waals surface area contributed by atoms with Crippen molar-refractivity contribution in [2.24, 2.45) is 0 Å². The molecule has 1 aliphatic heterocycles. The van der Waals surface area contributed by atoms with E-state index in [0.717, 1.165) is 5.56 Å². The summed E-state index contributed by atoms with van der Waals surface area (Å²) < 4.78 is 11.0. The van der Waals surface area contributed by atoms with E-state index in [4.69, 9.17) is 9.47 Å². The van der Waals surface area contributed by atoms with E-state index in [1.165, 1.54) is 18.2 Å². The third kappa shape index (κ3) is 7.04. The van der Waals surface area contributed by atoms with Crippen molar-refractivity contribution in [1.82, 2.24) is 5.32 Å². The molecule has 0 aromatic heterocycles. The molecule has 2 aromatic carbocycles. The van der Waals surface area contributed by atoms with E-state index in [2.05, 4.69) is 5.32 Å².